The number of hydrogen-bond acceptors (Lipinski definition) is 5. The second kappa shape index (κ2) is 8.20. The molecule has 0 spiro atoms. The predicted molar refractivity (Wildman–Crippen MR) is 117 cm³/mol. The molecule has 0 radical (unpaired) electrons. The van der Waals surface area contributed by atoms with Gasteiger partial charge < -0.3 is 9.47 Å². The number of fused-ring (bicyclic) bond motifs is 3. The van der Waals surface area contributed by atoms with Crippen LogP contribution in [0.15, 0.2) is 72.8 Å². The average Bonchev–Trinajstić information content (AvgIpc) is 3.36. The third-order valence-corrected chi connectivity index (χ3v) is 6.12. The number of carbonyl (C=O) groups is 2. The Kier molecular flexibility index (Phi) is 5.08. The van der Waals surface area contributed by atoms with Crippen LogP contribution < -0.4 is 0 Å². The van der Waals surface area contributed by atoms with Crippen molar-refractivity contribution < 1.29 is 19.1 Å². The van der Waals surface area contributed by atoms with Crippen LogP contribution in [0.4, 0.5) is 4.79 Å². The molecule has 3 aromatic carbocycles. The fourth-order valence-electron chi connectivity index (χ4n) is 4.51. The Balaban J connectivity index is 1.33. The monoisotopic (exact) mass is 424 g/mol. The molecule has 0 bridgehead atoms. The lowest BCUT2D eigenvalue weighted by atomic mass is 9.98. The van der Waals surface area contributed by atoms with Crippen LogP contribution in [0.1, 0.15) is 28.2 Å². The Morgan fingerprint density at radius 1 is 1.00 bits per heavy atom. The summed E-state index contributed by atoms with van der Waals surface area (Å²) in [6.45, 7) is 0.00788. The van der Waals surface area contributed by atoms with E-state index < -0.39 is 18.1 Å². The number of nitriles is 1. The molecule has 0 N–H and O–H groups in total. The minimum atomic E-state index is -0.819. The SMILES string of the molecule is N#Cc1ccccc1C[C@H]1C(=O)OCN1C(=O)OCC1c2ccccc2-c2ccccc21. The normalized spacial score (nSPS) is 16.8. The topological polar surface area (TPSA) is 79.6 Å². The maximum absolute atomic E-state index is 12.9. The Labute approximate surface area is 185 Å². The summed E-state index contributed by atoms with van der Waals surface area (Å²) in [5.41, 5.74) is 5.70. The van der Waals surface area contributed by atoms with Gasteiger partial charge in [-0.3, -0.25) is 4.90 Å². The van der Waals surface area contributed by atoms with Crippen LogP contribution in [0.25, 0.3) is 11.1 Å². The first kappa shape index (κ1) is 19.8. The van der Waals surface area contributed by atoms with E-state index in [1.165, 1.54) is 4.90 Å². The summed E-state index contributed by atoms with van der Waals surface area (Å²) < 4.78 is 10.8. The molecule has 1 aliphatic heterocycles. The molecule has 1 saturated heterocycles. The summed E-state index contributed by atoms with van der Waals surface area (Å²) >= 11 is 0. The highest BCUT2D eigenvalue weighted by Crippen LogP contribution is 2.44. The molecule has 1 aliphatic carbocycles. The van der Waals surface area contributed by atoms with Crippen LogP contribution in [-0.4, -0.2) is 36.3 Å². The molecular formula is C26H20N2O4. The smallest absolute Gasteiger partial charge is 0.413 e. The molecule has 3 aromatic rings. The zero-order valence-electron chi connectivity index (χ0n) is 17.2. The third kappa shape index (κ3) is 3.38. The molecule has 1 atom stereocenters. The number of rotatable bonds is 4. The van der Waals surface area contributed by atoms with Crippen LogP contribution in [0.3, 0.4) is 0 Å². The van der Waals surface area contributed by atoms with Crippen molar-refractivity contribution in [3.05, 3.63) is 95.1 Å². The van der Waals surface area contributed by atoms with E-state index in [0.717, 1.165) is 22.3 Å². The molecule has 0 aromatic heterocycles. The predicted octanol–water partition coefficient (Wildman–Crippen LogP) is 4.23. The fraction of sp³-hybridized carbons (Fsp3) is 0.192. The highest BCUT2D eigenvalue weighted by molar-refractivity contribution is 5.84. The van der Waals surface area contributed by atoms with E-state index in [1.54, 1.807) is 24.3 Å². The first-order chi connectivity index (χ1) is 15.7. The summed E-state index contributed by atoms with van der Waals surface area (Å²) in [6.07, 6.45) is -0.399. The molecule has 1 heterocycles. The van der Waals surface area contributed by atoms with Gasteiger partial charge in [0.25, 0.3) is 0 Å². The summed E-state index contributed by atoms with van der Waals surface area (Å²) in [6, 6.07) is 24.6. The van der Waals surface area contributed by atoms with Crippen molar-refractivity contribution in [1.29, 1.82) is 5.26 Å². The van der Waals surface area contributed by atoms with E-state index in [9.17, 15) is 14.9 Å². The lowest BCUT2D eigenvalue weighted by Gasteiger charge is -2.22. The lowest BCUT2D eigenvalue weighted by Crippen LogP contribution is -2.40. The number of ether oxygens (including phenoxy) is 2. The van der Waals surface area contributed by atoms with E-state index >= 15 is 0 Å². The van der Waals surface area contributed by atoms with E-state index in [1.807, 2.05) is 24.3 Å². The van der Waals surface area contributed by atoms with Crippen LogP contribution in [-0.2, 0) is 20.7 Å². The van der Waals surface area contributed by atoms with Gasteiger partial charge in [-0.25, -0.2) is 9.59 Å². The van der Waals surface area contributed by atoms with E-state index in [2.05, 4.69) is 30.3 Å². The maximum Gasteiger partial charge on any atom is 0.413 e. The number of nitrogens with zero attached hydrogens (tertiary/aromatic N) is 2. The van der Waals surface area contributed by atoms with Crippen LogP contribution >= 0.6 is 0 Å². The molecule has 1 amide bonds. The highest BCUT2D eigenvalue weighted by atomic mass is 16.6. The number of carbonyl (C=O) groups excluding carboxylic acids is 2. The summed E-state index contributed by atoms with van der Waals surface area (Å²) in [5.74, 6) is -0.561. The molecule has 32 heavy (non-hydrogen) atoms. The number of amides is 1. The zero-order chi connectivity index (χ0) is 22.1. The zero-order valence-corrected chi connectivity index (χ0v) is 17.2. The first-order valence-electron chi connectivity index (χ1n) is 10.4. The van der Waals surface area contributed by atoms with Crippen molar-refractivity contribution >= 4 is 12.1 Å². The van der Waals surface area contributed by atoms with Gasteiger partial charge in [-0.2, -0.15) is 5.26 Å². The van der Waals surface area contributed by atoms with Gasteiger partial charge in [0.05, 0.1) is 11.6 Å². The molecular weight excluding hydrogens is 404 g/mol. The van der Waals surface area contributed by atoms with Gasteiger partial charge in [0.2, 0.25) is 0 Å². The van der Waals surface area contributed by atoms with Gasteiger partial charge >= 0.3 is 12.1 Å². The van der Waals surface area contributed by atoms with Gasteiger partial charge in [0.15, 0.2) is 6.73 Å². The van der Waals surface area contributed by atoms with Crippen molar-refractivity contribution in [2.45, 2.75) is 18.4 Å². The molecule has 0 saturated carbocycles. The lowest BCUT2D eigenvalue weighted by molar-refractivity contribution is -0.139. The summed E-state index contributed by atoms with van der Waals surface area (Å²) in [5, 5.41) is 9.33. The second-order valence-corrected chi connectivity index (χ2v) is 7.86. The third-order valence-electron chi connectivity index (χ3n) is 6.12. The number of cyclic esters (lactones) is 1. The van der Waals surface area contributed by atoms with E-state index in [4.69, 9.17) is 9.47 Å². The van der Waals surface area contributed by atoms with Crippen LogP contribution in [0.5, 0.6) is 0 Å². The van der Waals surface area contributed by atoms with Crippen molar-refractivity contribution in [2.24, 2.45) is 0 Å². The minimum absolute atomic E-state index is 0.0664. The van der Waals surface area contributed by atoms with Gasteiger partial charge in [0, 0.05) is 12.3 Å². The standard InChI is InChI=1S/C26H20N2O4/c27-14-18-8-2-1-7-17(18)13-24-25(29)32-16-28(24)26(30)31-15-23-21-11-5-3-9-19(21)20-10-4-6-12-22(20)23/h1-12,23-24H,13,15-16H2/t24-/m0/s1. The fourth-order valence-corrected chi connectivity index (χ4v) is 4.51. The quantitative estimate of drug-likeness (QED) is 0.586. The van der Waals surface area contributed by atoms with Gasteiger partial charge in [-0.05, 0) is 33.9 Å². The Morgan fingerprint density at radius 3 is 2.31 bits per heavy atom. The van der Waals surface area contributed by atoms with Crippen molar-refractivity contribution in [3.8, 4) is 17.2 Å². The summed E-state index contributed by atoms with van der Waals surface area (Å²) in [4.78, 5) is 26.6. The average molecular weight is 424 g/mol. The highest BCUT2D eigenvalue weighted by Gasteiger charge is 2.40. The summed E-state index contributed by atoms with van der Waals surface area (Å²) in [7, 11) is 0. The van der Waals surface area contributed by atoms with Crippen LogP contribution in [0, 0.1) is 11.3 Å². The van der Waals surface area contributed by atoms with Crippen LogP contribution in [0.2, 0.25) is 0 Å². The maximum atomic E-state index is 12.9. The number of hydrogen-bond donors (Lipinski definition) is 0. The van der Waals surface area contributed by atoms with Gasteiger partial charge in [0.1, 0.15) is 12.6 Å². The molecule has 2 aliphatic rings. The first-order valence-corrected chi connectivity index (χ1v) is 10.4. The minimum Gasteiger partial charge on any atom is -0.448 e. The number of benzene rings is 3. The molecule has 0 unspecified atom stereocenters. The van der Waals surface area contributed by atoms with E-state index in [0.29, 0.717) is 11.1 Å². The van der Waals surface area contributed by atoms with Gasteiger partial charge in [-0.15, -0.1) is 0 Å². The molecule has 6 heteroatoms. The number of esters is 1. The van der Waals surface area contributed by atoms with Crippen molar-refractivity contribution in [3.63, 3.8) is 0 Å². The Morgan fingerprint density at radius 2 is 1.62 bits per heavy atom. The van der Waals surface area contributed by atoms with Gasteiger partial charge in [-0.1, -0.05) is 66.7 Å². The molecule has 5 rings (SSSR count). The molecule has 6 nitrogen and oxygen atoms in total. The largest absolute Gasteiger partial charge is 0.448 e. The van der Waals surface area contributed by atoms with Crippen molar-refractivity contribution in [2.75, 3.05) is 13.3 Å². The Bertz CT molecular complexity index is 1200. The second-order valence-electron chi connectivity index (χ2n) is 7.86. The molecule has 158 valence electrons. The Hall–Kier alpha value is -4.11. The van der Waals surface area contributed by atoms with Crippen molar-refractivity contribution in [1.82, 2.24) is 4.90 Å². The van der Waals surface area contributed by atoms with E-state index in [-0.39, 0.29) is 25.7 Å². The molecule has 1 fully saturated rings.